The van der Waals surface area contributed by atoms with Gasteiger partial charge in [-0.05, 0) is 31.9 Å². The minimum atomic E-state index is -3.88. The van der Waals surface area contributed by atoms with E-state index in [4.69, 9.17) is 4.42 Å². The maximum absolute atomic E-state index is 12.9. The van der Waals surface area contributed by atoms with Gasteiger partial charge in [0.05, 0.1) is 11.0 Å². The predicted octanol–water partition coefficient (Wildman–Crippen LogP) is 3.66. The fourth-order valence-corrected chi connectivity index (χ4v) is 3.55. The number of anilines is 1. The number of nitrogens with zero attached hydrogens (tertiary/aromatic N) is 2. The molecule has 0 bridgehead atoms. The largest absolute Gasteiger partial charge is 0.434 e. The van der Waals surface area contributed by atoms with Crippen LogP contribution in [-0.2, 0) is 10.0 Å². The Hall–Kier alpha value is -2.61. The second kappa shape index (κ2) is 7.31. The molecule has 0 radical (unpaired) electrons. The molecule has 7 nitrogen and oxygen atoms in total. The molecule has 0 atom stereocenters. The van der Waals surface area contributed by atoms with Crippen molar-refractivity contribution < 1.29 is 17.8 Å². The number of allylic oxidation sites excluding steroid dienone is 1. The van der Waals surface area contributed by atoms with Gasteiger partial charge in [-0.25, -0.2) is 12.7 Å². The van der Waals surface area contributed by atoms with Crippen LogP contribution in [-0.4, -0.2) is 19.9 Å². The smallest absolute Gasteiger partial charge is 0.383 e. The standard InChI is InChI=1S/C16H18N2O5S/c1-3-4-5-12-17(15-10-11-16(23-15)18(19)20)24(21,22)14-8-6-13(2)7-9-14/h3,6-11H,1,4-5,12H2,2H3. The van der Waals surface area contributed by atoms with Crippen molar-refractivity contribution in [1.29, 1.82) is 0 Å². The zero-order valence-corrected chi connectivity index (χ0v) is 14.0. The summed E-state index contributed by atoms with van der Waals surface area (Å²) in [6.07, 6.45) is 2.81. The summed E-state index contributed by atoms with van der Waals surface area (Å²) in [6.45, 7) is 5.59. The monoisotopic (exact) mass is 350 g/mol. The van der Waals surface area contributed by atoms with E-state index in [1.807, 2.05) is 6.92 Å². The van der Waals surface area contributed by atoms with Crippen molar-refractivity contribution in [3.05, 3.63) is 64.7 Å². The molecule has 1 aromatic heterocycles. The van der Waals surface area contributed by atoms with Gasteiger partial charge < -0.3 is 4.42 Å². The van der Waals surface area contributed by atoms with Gasteiger partial charge in [-0.2, -0.15) is 0 Å². The lowest BCUT2D eigenvalue weighted by Crippen LogP contribution is -2.31. The summed E-state index contributed by atoms with van der Waals surface area (Å²) in [7, 11) is -3.88. The number of aryl methyl sites for hydroxylation is 1. The lowest BCUT2D eigenvalue weighted by atomic mass is 10.2. The molecule has 0 aliphatic rings. The summed E-state index contributed by atoms with van der Waals surface area (Å²) >= 11 is 0. The summed E-state index contributed by atoms with van der Waals surface area (Å²) in [5, 5.41) is 10.8. The highest BCUT2D eigenvalue weighted by molar-refractivity contribution is 7.92. The molecule has 1 aromatic carbocycles. The average molecular weight is 350 g/mol. The highest BCUT2D eigenvalue weighted by Gasteiger charge is 2.28. The zero-order chi connectivity index (χ0) is 17.7. The lowest BCUT2D eigenvalue weighted by molar-refractivity contribution is -0.401. The van der Waals surface area contributed by atoms with E-state index >= 15 is 0 Å². The lowest BCUT2D eigenvalue weighted by Gasteiger charge is -2.21. The topological polar surface area (TPSA) is 93.7 Å². The number of rotatable bonds is 8. The highest BCUT2D eigenvalue weighted by atomic mass is 32.2. The first kappa shape index (κ1) is 17.7. The van der Waals surface area contributed by atoms with E-state index in [-0.39, 0.29) is 17.3 Å². The molecule has 0 unspecified atom stereocenters. The van der Waals surface area contributed by atoms with Gasteiger partial charge in [0, 0.05) is 12.6 Å². The molecule has 0 aliphatic heterocycles. The number of unbranched alkanes of at least 4 members (excludes halogenated alkanes) is 1. The Morgan fingerprint density at radius 1 is 1.25 bits per heavy atom. The van der Waals surface area contributed by atoms with Crippen LogP contribution in [0.1, 0.15) is 18.4 Å². The van der Waals surface area contributed by atoms with Crippen molar-refractivity contribution in [2.24, 2.45) is 0 Å². The van der Waals surface area contributed by atoms with Gasteiger partial charge in [-0.3, -0.25) is 10.1 Å². The van der Waals surface area contributed by atoms with Gasteiger partial charge in [0.1, 0.15) is 4.92 Å². The van der Waals surface area contributed by atoms with Gasteiger partial charge in [-0.1, -0.05) is 23.8 Å². The molecule has 128 valence electrons. The van der Waals surface area contributed by atoms with E-state index in [1.54, 1.807) is 18.2 Å². The van der Waals surface area contributed by atoms with Gasteiger partial charge in [-0.15, -0.1) is 6.58 Å². The van der Waals surface area contributed by atoms with Crippen LogP contribution in [0.15, 0.2) is 58.4 Å². The SMILES string of the molecule is C=CCCCN(c1ccc([N+](=O)[O-])o1)S(=O)(=O)c1ccc(C)cc1. The molecule has 2 aromatic rings. The number of furan rings is 1. The molecule has 0 N–H and O–H groups in total. The van der Waals surface area contributed by atoms with Crippen molar-refractivity contribution >= 4 is 21.8 Å². The van der Waals surface area contributed by atoms with Gasteiger partial charge in [0.2, 0.25) is 5.88 Å². The second-order valence-corrected chi connectivity index (χ2v) is 7.05. The molecule has 0 fully saturated rings. The van der Waals surface area contributed by atoms with Crippen LogP contribution in [0, 0.1) is 17.0 Å². The van der Waals surface area contributed by atoms with Gasteiger partial charge in [0.25, 0.3) is 10.0 Å². The summed E-state index contributed by atoms with van der Waals surface area (Å²) in [5.74, 6) is -0.579. The first-order chi connectivity index (χ1) is 11.4. The van der Waals surface area contributed by atoms with Crippen LogP contribution in [0.4, 0.5) is 11.8 Å². The summed E-state index contributed by atoms with van der Waals surface area (Å²) in [6, 6.07) is 8.82. The zero-order valence-electron chi connectivity index (χ0n) is 13.2. The fraction of sp³-hybridized carbons (Fsp3) is 0.250. The number of benzene rings is 1. The number of nitro groups is 1. The van der Waals surface area contributed by atoms with Gasteiger partial charge >= 0.3 is 5.88 Å². The Balaban J connectivity index is 2.41. The second-order valence-electron chi connectivity index (χ2n) is 5.19. The Morgan fingerprint density at radius 2 is 1.92 bits per heavy atom. The Bertz CT molecular complexity index is 824. The fourth-order valence-electron chi connectivity index (χ4n) is 2.12. The molecule has 1 heterocycles. The third kappa shape index (κ3) is 3.83. The van der Waals surface area contributed by atoms with Crippen molar-refractivity contribution in [1.82, 2.24) is 0 Å². The van der Waals surface area contributed by atoms with E-state index in [2.05, 4.69) is 6.58 Å². The van der Waals surface area contributed by atoms with Crippen LogP contribution in [0.5, 0.6) is 0 Å². The molecule has 0 saturated heterocycles. The van der Waals surface area contributed by atoms with Crippen LogP contribution < -0.4 is 4.31 Å². The van der Waals surface area contributed by atoms with Crippen LogP contribution >= 0.6 is 0 Å². The van der Waals surface area contributed by atoms with E-state index in [0.717, 1.165) is 15.9 Å². The molecule has 0 amide bonds. The number of hydrogen-bond acceptors (Lipinski definition) is 5. The van der Waals surface area contributed by atoms with Crippen LogP contribution in [0.3, 0.4) is 0 Å². The van der Waals surface area contributed by atoms with Gasteiger partial charge in [0.15, 0.2) is 0 Å². The van der Waals surface area contributed by atoms with Crippen molar-refractivity contribution in [3.63, 3.8) is 0 Å². The van der Waals surface area contributed by atoms with Crippen LogP contribution in [0.25, 0.3) is 0 Å². The van der Waals surface area contributed by atoms with Crippen molar-refractivity contribution in [2.75, 3.05) is 10.8 Å². The first-order valence-electron chi connectivity index (χ1n) is 7.31. The maximum atomic E-state index is 12.9. The molecular weight excluding hydrogens is 332 g/mol. The maximum Gasteiger partial charge on any atom is 0.434 e. The van der Waals surface area contributed by atoms with Crippen LogP contribution in [0.2, 0.25) is 0 Å². The van der Waals surface area contributed by atoms with E-state index in [0.29, 0.717) is 12.8 Å². The quantitative estimate of drug-likeness (QED) is 0.313. The van der Waals surface area contributed by atoms with Crippen molar-refractivity contribution in [2.45, 2.75) is 24.7 Å². The van der Waals surface area contributed by atoms with E-state index < -0.39 is 20.8 Å². The third-order valence-electron chi connectivity index (χ3n) is 3.38. The Morgan fingerprint density at radius 3 is 2.46 bits per heavy atom. The third-order valence-corrected chi connectivity index (χ3v) is 5.19. The van der Waals surface area contributed by atoms with Crippen molar-refractivity contribution in [3.8, 4) is 0 Å². The van der Waals surface area contributed by atoms with E-state index in [9.17, 15) is 18.5 Å². The molecule has 0 saturated carbocycles. The molecule has 0 aliphatic carbocycles. The molecule has 24 heavy (non-hydrogen) atoms. The molecular formula is C16H18N2O5S. The first-order valence-corrected chi connectivity index (χ1v) is 8.75. The molecule has 2 rings (SSSR count). The number of hydrogen-bond donors (Lipinski definition) is 0. The Labute approximate surface area is 140 Å². The molecule has 0 spiro atoms. The summed E-state index contributed by atoms with van der Waals surface area (Å²) in [5.41, 5.74) is 0.931. The average Bonchev–Trinajstić information content (AvgIpc) is 3.01. The van der Waals surface area contributed by atoms with E-state index in [1.165, 1.54) is 18.2 Å². The summed E-state index contributed by atoms with van der Waals surface area (Å²) < 4.78 is 31.9. The molecule has 8 heteroatoms. The number of sulfonamides is 1. The minimum absolute atomic E-state index is 0.0775. The predicted molar refractivity (Wildman–Crippen MR) is 90.5 cm³/mol. The normalized spacial score (nSPS) is 11.2. The minimum Gasteiger partial charge on any atom is -0.383 e. The Kier molecular flexibility index (Phi) is 5.40. The summed E-state index contributed by atoms with van der Waals surface area (Å²) in [4.78, 5) is 10.2. The highest BCUT2D eigenvalue weighted by Crippen LogP contribution is 2.29.